The Kier molecular flexibility index (Phi) is 5.45. The number of anilines is 1. The van der Waals surface area contributed by atoms with Crippen molar-refractivity contribution in [3.05, 3.63) is 40.3 Å². The standard InChI is InChI=1S/C19H22N4O3S/c24-17(14-11-20-7-8-21-14)23-19-16(13-5-1-2-6-15(13)27-19)18(25)22-10-12-4-3-9-26-12/h7-8,11-12H,1-6,9-10H2,(H,22,25)(H,23,24)/t12-/m1/s1. The molecule has 2 aromatic rings. The monoisotopic (exact) mass is 386 g/mol. The Balaban J connectivity index is 1.56. The van der Waals surface area contributed by atoms with Gasteiger partial charge in [0.2, 0.25) is 0 Å². The number of aromatic nitrogens is 2. The van der Waals surface area contributed by atoms with Gasteiger partial charge in [-0.1, -0.05) is 0 Å². The summed E-state index contributed by atoms with van der Waals surface area (Å²) in [5.41, 5.74) is 1.91. The van der Waals surface area contributed by atoms with Gasteiger partial charge >= 0.3 is 0 Å². The van der Waals surface area contributed by atoms with E-state index in [1.54, 1.807) is 0 Å². The summed E-state index contributed by atoms with van der Waals surface area (Å²) >= 11 is 1.50. The van der Waals surface area contributed by atoms with Gasteiger partial charge in [0, 0.05) is 30.4 Å². The second-order valence-corrected chi connectivity index (χ2v) is 7.91. The lowest BCUT2D eigenvalue weighted by molar-refractivity contribution is 0.0858. The molecule has 0 spiro atoms. The molecule has 1 saturated heterocycles. The fraction of sp³-hybridized carbons (Fsp3) is 0.474. The zero-order valence-electron chi connectivity index (χ0n) is 15.0. The zero-order chi connectivity index (χ0) is 18.6. The van der Waals surface area contributed by atoms with E-state index >= 15 is 0 Å². The van der Waals surface area contributed by atoms with Crippen molar-refractivity contribution in [2.24, 2.45) is 0 Å². The molecule has 0 bridgehead atoms. The van der Waals surface area contributed by atoms with E-state index in [2.05, 4.69) is 20.6 Å². The van der Waals surface area contributed by atoms with Crippen LogP contribution in [0.4, 0.5) is 5.00 Å². The van der Waals surface area contributed by atoms with Crippen molar-refractivity contribution in [2.75, 3.05) is 18.5 Å². The Bertz CT molecular complexity index is 831. The third-order valence-corrected chi connectivity index (χ3v) is 6.14. The Morgan fingerprint density at radius 1 is 1.19 bits per heavy atom. The van der Waals surface area contributed by atoms with Gasteiger partial charge in [0.1, 0.15) is 10.7 Å². The number of fused-ring (bicyclic) bond motifs is 1. The molecular weight excluding hydrogens is 364 g/mol. The summed E-state index contributed by atoms with van der Waals surface area (Å²) in [4.78, 5) is 34.6. The number of hydrogen-bond acceptors (Lipinski definition) is 6. The van der Waals surface area contributed by atoms with Crippen LogP contribution in [-0.2, 0) is 17.6 Å². The lowest BCUT2D eigenvalue weighted by atomic mass is 9.95. The SMILES string of the molecule is O=C(Nc1sc2c(c1C(=O)NC[C@H]1CCCO1)CCCC2)c1cnccn1. The third-order valence-electron chi connectivity index (χ3n) is 4.94. The van der Waals surface area contributed by atoms with Crippen LogP contribution < -0.4 is 10.6 Å². The van der Waals surface area contributed by atoms with E-state index in [4.69, 9.17) is 4.74 Å². The van der Waals surface area contributed by atoms with Crippen LogP contribution in [0.3, 0.4) is 0 Å². The van der Waals surface area contributed by atoms with Gasteiger partial charge in [-0.15, -0.1) is 11.3 Å². The number of carbonyl (C=O) groups is 2. The van der Waals surface area contributed by atoms with Gasteiger partial charge < -0.3 is 15.4 Å². The maximum atomic E-state index is 12.9. The summed E-state index contributed by atoms with van der Waals surface area (Å²) < 4.78 is 5.59. The topological polar surface area (TPSA) is 93.2 Å². The van der Waals surface area contributed by atoms with E-state index in [9.17, 15) is 9.59 Å². The molecular formula is C19H22N4O3S. The van der Waals surface area contributed by atoms with Crippen molar-refractivity contribution in [1.82, 2.24) is 15.3 Å². The van der Waals surface area contributed by atoms with Crippen molar-refractivity contribution in [2.45, 2.75) is 44.6 Å². The molecule has 0 unspecified atom stereocenters. The number of aryl methyl sites for hydroxylation is 1. The van der Waals surface area contributed by atoms with Crippen LogP contribution in [0.15, 0.2) is 18.6 Å². The average Bonchev–Trinajstić information content (AvgIpc) is 3.34. The fourth-order valence-corrected chi connectivity index (χ4v) is 4.86. The van der Waals surface area contributed by atoms with Gasteiger partial charge in [0.15, 0.2) is 0 Å². The maximum Gasteiger partial charge on any atom is 0.276 e. The van der Waals surface area contributed by atoms with Crippen LogP contribution >= 0.6 is 11.3 Å². The molecule has 3 heterocycles. The molecule has 27 heavy (non-hydrogen) atoms. The first-order valence-electron chi connectivity index (χ1n) is 9.34. The minimum atomic E-state index is -0.352. The first kappa shape index (κ1) is 18.1. The highest BCUT2D eigenvalue weighted by Crippen LogP contribution is 2.38. The quantitative estimate of drug-likeness (QED) is 0.824. The summed E-state index contributed by atoms with van der Waals surface area (Å²) in [5.74, 6) is -0.491. The molecule has 1 atom stereocenters. The molecule has 4 rings (SSSR count). The van der Waals surface area contributed by atoms with Crippen molar-refractivity contribution in [1.29, 1.82) is 0 Å². The summed E-state index contributed by atoms with van der Waals surface area (Å²) in [6.07, 6.45) is 10.5. The molecule has 142 valence electrons. The van der Waals surface area contributed by atoms with Gasteiger partial charge in [-0.3, -0.25) is 14.6 Å². The summed E-state index contributed by atoms with van der Waals surface area (Å²) in [6.45, 7) is 1.26. The Morgan fingerprint density at radius 2 is 2.07 bits per heavy atom. The Labute approximate surface area is 161 Å². The number of thiophene rings is 1. The normalized spacial score (nSPS) is 18.7. The van der Waals surface area contributed by atoms with Gasteiger partial charge in [-0.05, 0) is 44.1 Å². The minimum absolute atomic E-state index is 0.0843. The maximum absolute atomic E-state index is 12.9. The number of rotatable bonds is 5. The van der Waals surface area contributed by atoms with Crippen LogP contribution in [-0.4, -0.2) is 41.0 Å². The number of ether oxygens (including phenoxy) is 1. The molecule has 1 aliphatic carbocycles. The highest BCUT2D eigenvalue weighted by molar-refractivity contribution is 7.17. The fourth-order valence-electron chi connectivity index (χ4n) is 3.58. The van der Waals surface area contributed by atoms with Crippen molar-refractivity contribution >= 4 is 28.2 Å². The van der Waals surface area contributed by atoms with Crippen LogP contribution in [0.1, 0.15) is 57.0 Å². The van der Waals surface area contributed by atoms with Crippen molar-refractivity contribution in [3.8, 4) is 0 Å². The third kappa shape index (κ3) is 4.01. The molecule has 0 radical (unpaired) electrons. The van der Waals surface area contributed by atoms with Crippen LogP contribution in [0.25, 0.3) is 0 Å². The molecule has 2 N–H and O–H groups in total. The second kappa shape index (κ2) is 8.14. The minimum Gasteiger partial charge on any atom is -0.376 e. The van der Waals surface area contributed by atoms with Gasteiger partial charge in [-0.2, -0.15) is 0 Å². The lowest BCUT2D eigenvalue weighted by Gasteiger charge is -2.15. The van der Waals surface area contributed by atoms with E-state index in [0.717, 1.165) is 50.7 Å². The summed E-state index contributed by atoms with van der Waals surface area (Å²) in [6, 6.07) is 0. The van der Waals surface area contributed by atoms with Crippen LogP contribution in [0.5, 0.6) is 0 Å². The average molecular weight is 386 g/mol. The van der Waals surface area contributed by atoms with Crippen LogP contribution in [0, 0.1) is 0 Å². The molecule has 0 saturated carbocycles. The Hall–Kier alpha value is -2.32. The van der Waals surface area contributed by atoms with E-state index in [1.165, 1.54) is 34.8 Å². The predicted molar refractivity (Wildman–Crippen MR) is 102 cm³/mol. The first-order chi connectivity index (χ1) is 13.2. The highest BCUT2D eigenvalue weighted by atomic mass is 32.1. The van der Waals surface area contributed by atoms with Crippen molar-refractivity contribution in [3.63, 3.8) is 0 Å². The van der Waals surface area contributed by atoms with E-state index in [-0.39, 0.29) is 23.6 Å². The van der Waals surface area contributed by atoms with E-state index < -0.39 is 0 Å². The van der Waals surface area contributed by atoms with Crippen molar-refractivity contribution < 1.29 is 14.3 Å². The number of hydrogen-bond donors (Lipinski definition) is 2. The lowest BCUT2D eigenvalue weighted by Crippen LogP contribution is -2.32. The van der Waals surface area contributed by atoms with Gasteiger partial charge in [-0.25, -0.2) is 4.98 Å². The summed E-state index contributed by atoms with van der Waals surface area (Å²) in [5, 5.41) is 6.47. The largest absolute Gasteiger partial charge is 0.376 e. The number of nitrogens with zero attached hydrogens (tertiary/aromatic N) is 2. The molecule has 2 amide bonds. The number of nitrogens with one attached hydrogen (secondary N) is 2. The van der Waals surface area contributed by atoms with Gasteiger partial charge in [0.25, 0.3) is 11.8 Å². The predicted octanol–water partition coefficient (Wildman–Crippen LogP) is 2.58. The molecule has 1 fully saturated rings. The van der Waals surface area contributed by atoms with Crippen LogP contribution in [0.2, 0.25) is 0 Å². The molecule has 2 aromatic heterocycles. The van der Waals surface area contributed by atoms with Gasteiger partial charge in [0.05, 0.1) is 17.9 Å². The van der Waals surface area contributed by atoms with E-state index in [1.807, 2.05) is 0 Å². The molecule has 0 aromatic carbocycles. The smallest absolute Gasteiger partial charge is 0.276 e. The number of amides is 2. The first-order valence-corrected chi connectivity index (χ1v) is 10.2. The number of carbonyl (C=O) groups excluding carboxylic acids is 2. The Morgan fingerprint density at radius 3 is 2.85 bits per heavy atom. The molecule has 7 nitrogen and oxygen atoms in total. The molecule has 8 heteroatoms. The zero-order valence-corrected chi connectivity index (χ0v) is 15.8. The molecule has 1 aliphatic heterocycles. The molecule has 2 aliphatic rings. The summed E-state index contributed by atoms with van der Waals surface area (Å²) in [7, 11) is 0. The highest BCUT2D eigenvalue weighted by Gasteiger charge is 2.27. The van der Waals surface area contributed by atoms with E-state index in [0.29, 0.717) is 17.1 Å². The second-order valence-electron chi connectivity index (χ2n) is 6.80.